The molecular weight excluding hydrogens is 314 g/mol. The molecule has 1 heterocycles. The van der Waals surface area contributed by atoms with E-state index in [9.17, 15) is 5.11 Å². The van der Waals surface area contributed by atoms with Gasteiger partial charge in [-0.25, -0.2) is 0 Å². The summed E-state index contributed by atoms with van der Waals surface area (Å²) in [7, 11) is 0. The Hall–Kier alpha value is -0.940. The average molecular weight is 347 g/mol. The lowest BCUT2D eigenvalue weighted by molar-refractivity contribution is -0.0850. The topological polar surface area (TPSA) is 64.7 Å². The molecule has 0 aromatic heterocycles. The maximum absolute atomic E-state index is 10.6. The third-order valence-corrected chi connectivity index (χ3v) is 5.83. The molecule has 0 amide bonds. The van der Waals surface area contributed by atoms with Crippen LogP contribution in [0.4, 0.5) is 0 Å². The van der Waals surface area contributed by atoms with E-state index in [4.69, 9.17) is 15.2 Å². The van der Waals surface area contributed by atoms with Crippen LogP contribution in [0.2, 0.25) is 0 Å². The highest BCUT2D eigenvalue weighted by atomic mass is 16.7. The maximum Gasteiger partial charge on any atom is 0.185 e. The fourth-order valence-corrected chi connectivity index (χ4v) is 4.15. The molecule has 3 N–H and O–H groups in total. The van der Waals surface area contributed by atoms with Crippen LogP contribution >= 0.6 is 0 Å². The first kappa shape index (κ1) is 18.8. The lowest BCUT2D eigenvalue weighted by Gasteiger charge is -2.30. The van der Waals surface area contributed by atoms with E-state index in [1.807, 2.05) is 44.2 Å². The van der Waals surface area contributed by atoms with E-state index in [-0.39, 0.29) is 18.4 Å². The smallest absolute Gasteiger partial charge is 0.185 e. The van der Waals surface area contributed by atoms with Crippen LogP contribution in [0, 0.1) is 5.92 Å². The summed E-state index contributed by atoms with van der Waals surface area (Å²) < 4.78 is 12.2. The minimum Gasteiger partial charge on any atom is -0.391 e. The van der Waals surface area contributed by atoms with Gasteiger partial charge in [-0.2, -0.15) is 0 Å². The van der Waals surface area contributed by atoms with Gasteiger partial charge in [0.2, 0.25) is 0 Å². The van der Waals surface area contributed by atoms with Gasteiger partial charge in [-0.15, -0.1) is 0 Å². The molecular formula is C21H33NO3. The van der Waals surface area contributed by atoms with Crippen molar-refractivity contribution in [3.63, 3.8) is 0 Å². The van der Waals surface area contributed by atoms with Crippen molar-refractivity contribution < 1.29 is 14.6 Å². The van der Waals surface area contributed by atoms with Gasteiger partial charge in [0, 0.05) is 18.0 Å². The van der Waals surface area contributed by atoms with Crippen LogP contribution in [-0.2, 0) is 9.47 Å². The molecule has 0 radical (unpaired) electrons. The molecule has 140 valence electrons. The first-order valence-corrected chi connectivity index (χ1v) is 9.77. The Morgan fingerprint density at radius 1 is 1.12 bits per heavy atom. The standard InChI is InChI=1S/C21H33NO3/c1-21(2)19(24-20(25-21)16-11-7-4-8-12-16)14-18(23)17(22)13-15-9-5-3-6-10-15/h4,7-8,11-12,15,17-20,23H,3,5-6,9-10,13-14,22H2,1-2H3/t17-,18-,19-,20?/m0/s1. The molecule has 1 aromatic carbocycles. The average Bonchev–Trinajstić information content (AvgIpc) is 2.91. The highest BCUT2D eigenvalue weighted by molar-refractivity contribution is 5.17. The van der Waals surface area contributed by atoms with Crippen LogP contribution < -0.4 is 5.73 Å². The van der Waals surface area contributed by atoms with E-state index in [2.05, 4.69) is 0 Å². The van der Waals surface area contributed by atoms with Gasteiger partial charge in [0.25, 0.3) is 0 Å². The van der Waals surface area contributed by atoms with Crippen molar-refractivity contribution in [2.24, 2.45) is 11.7 Å². The zero-order valence-corrected chi connectivity index (χ0v) is 15.6. The Morgan fingerprint density at radius 3 is 2.48 bits per heavy atom. The van der Waals surface area contributed by atoms with E-state index in [1.54, 1.807) is 0 Å². The molecule has 0 bridgehead atoms. The van der Waals surface area contributed by atoms with Crippen molar-refractivity contribution in [2.45, 2.75) is 88.9 Å². The van der Waals surface area contributed by atoms with Crippen molar-refractivity contribution >= 4 is 0 Å². The third kappa shape index (κ3) is 4.82. The summed E-state index contributed by atoms with van der Waals surface area (Å²) in [6.45, 7) is 4.06. The predicted octanol–water partition coefficient (Wildman–Crippen LogP) is 3.93. The van der Waals surface area contributed by atoms with Gasteiger partial charge in [-0.05, 0) is 26.2 Å². The maximum atomic E-state index is 10.6. The van der Waals surface area contributed by atoms with Crippen LogP contribution in [-0.4, -0.2) is 29.0 Å². The number of aliphatic hydroxyl groups excluding tert-OH is 1. The molecule has 1 saturated carbocycles. The summed E-state index contributed by atoms with van der Waals surface area (Å²) in [4.78, 5) is 0. The van der Waals surface area contributed by atoms with E-state index in [0.29, 0.717) is 12.3 Å². The van der Waals surface area contributed by atoms with Gasteiger partial charge >= 0.3 is 0 Å². The highest BCUT2D eigenvalue weighted by Gasteiger charge is 2.44. The Bertz CT molecular complexity index is 527. The number of rotatable bonds is 6. The van der Waals surface area contributed by atoms with Gasteiger partial charge in [0.15, 0.2) is 6.29 Å². The first-order chi connectivity index (χ1) is 12.0. The van der Waals surface area contributed by atoms with Crippen LogP contribution in [0.1, 0.15) is 70.6 Å². The van der Waals surface area contributed by atoms with Gasteiger partial charge in [-0.3, -0.25) is 0 Å². The molecule has 1 saturated heterocycles. The fourth-order valence-electron chi connectivity index (χ4n) is 4.15. The summed E-state index contributed by atoms with van der Waals surface area (Å²) >= 11 is 0. The van der Waals surface area contributed by atoms with E-state index >= 15 is 0 Å². The Labute approximate surface area is 151 Å². The van der Waals surface area contributed by atoms with E-state index in [0.717, 1.165) is 12.0 Å². The van der Waals surface area contributed by atoms with E-state index < -0.39 is 11.7 Å². The molecule has 3 rings (SSSR count). The van der Waals surface area contributed by atoms with Crippen LogP contribution in [0.5, 0.6) is 0 Å². The second-order valence-corrected chi connectivity index (χ2v) is 8.30. The summed E-state index contributed by atoms with van der Waals surface area (Å²) in [5.41, 5.74) is 6.89. The number of hydrogen-bond acceptors (Lipinski definition) is 4. The fraction of sp³-hybridized carbons (Fsp3) is 0.714. The Balaban J connectivity index is 1.55. The zero-order valence-electron chi connectivity index (χ0n) is 15.6. The molecule has 2 aliphatic rings. The summed E-state index contributed by atoms with van der Waals surface area (Å²) in [5.74, 6) is 0.671. The molecule has 1 unspecified atom stereocenters. The minimum absolute atomic E-state index is 0.162. The van der Waals surface area contributed by atoms with Crippen molar-refractivity contribution in [2.75, 3.05) is 0 Å². The van der Waals surface area contributed by atoms with Crippen LogP contribution in [0.3, 0.4) is 0 Å². The molecule has 4 atom stereocenters. The lowest BCUT2D eigenvalue weighted by Crippen LogP contribution is -2.43. The Kier molecular flexibility index (Phi) is 6.16. The van der Waals surface area contributed by atoms with Crippen LogP contribution in [0.15, 0.2) is 30.3 Å². The molecule has 4 nitrogen and oxygen atoms in total. The minimum atomic E-state index is -0.552. The van der Waals surface area contributed by atoms with Gasteiger partial charge in [0.1, 0.15) is 0 Å². The number of aliphatic hydroxyl groups is 1. The largest absolute Gasteiger partial charge is 0.391 e. The predicted molar refractivity (Wildman–Crippen MR) is 99.0 cm³/mol. The molecule has 25 heavy (non-hydrogen) atoms. The monoisotopic (exact) mass is 347 g/mol. The molecule has 1 aliphatic carbocycles. The number of hydrogen-bond donors (Lipinski definition) is 2. The Morgan fingerprint density at radius 2 is 1.80 bits per heavy atom. The van der Waals surface area contributed by atoms with Crippen molar-refractivity contribution in [1.82, 2.24) is 0 Å². The number of ether oxygens (including phenoxy) is 2. The highest BCUT2D eigenvalue weighted by Crippen LogP contribution is 2.40. The summed E-state index contributed by atoms with van der Waals surface area (Å²) in [6, 6.07) is 9.78. The van der Waals surface area contributed by atoms with Crippen molar-refractivity contribution in [3.8, 4) is 0 Å². The quantitative estimate of drug-likeness (QED) is 0.818. The normalized spacial score (nSPS) is 29.4. The van der Waals surface area contributed by atoms with Gasteiger partial charge < -0.3 is 20.3 Å². The molecule has 1 aliphatic heterocycles. The third-order valence-electron chi connectivity index (χ3n) is 5.83. The molecule has 4 heteroatoms. The number of benzene rings is 1. The molecule has 2 fully saturated rings. The first-order valence-electron chi connectivity index (χ1n) is 9.77. The van der Waals surface area contributed by atoms with Gasteiger partial charge in [-0.1, -0.05) is 62.4 Å². The number of nitrogens with two attached hydrogens (primary N) is 1. The SMILES string of the molecule is CC1(C)OC(c2ccccc2)O[C@H]1C[C@H](O)[C@@H](N)CC1CCCCC1. The van der Waals surface area contributed by atoms with Crippen LogP contribution in [0.25, 0.3) is 0 Å². The zero-order chi connectivity index (χ0) is 17.9. The summed E-state index contributed by atoms with van der Waals surface area (Å²) in [5, 5.41) is 10.6. The van der Waals surface area contributed by atoms with Crippen molar-refractivity contribution in [1.29, 1.82) is 0 Å². The second-order valence-electron chi connectivity index (χ2n) is 8.30. The van der Waals surface area contributed by atoms with E-state index in [1.165, 1.54) is 32.1 Å². The molecule has 1 aromatic rings. The molecule has 0 spiro atoms. The second kappa shape index (κ2) is 8.17. The van der Waals surface area contributed by atoms with Crippen molar-refractivity contribution in [3.05, 3.63) is 35.9 Å². The lowest BCUT2D eigenvalue weighted by atomic mass is 9.83. The summed E-state index contributed by atoms with van der Waals surface area (Å²) in [6.07, 6.45) is 6.81. The van der Waals surface area contributed by atoms with Gasteiger partial charge in [0.05, 0.1) is 17.8 Å².